The molecule has 4 nitrogen and oxygen atoms in total. The zero-order valence-electron chi connectivity index (χ0n) is 9.08. The molecule has 0 aliphatic carbocycles. The molecule has 1 aromatic carbocycles. The SMILES string of the molecule is CN1CCc2cc(C(N)=O)c3[nH]ccc3c21. The van der Waals surface area contributed by atoms with Gasteiger partial charge in [-0.2, -0.15) is 0 Å². The van der Waals surface area contributed by atoms with E-state index in [1.807, 2.05) is 18.3 Å². The predicted octanol–water partition coefficient (Wildman–Crippen LogP) is 1.26. The summed E-state index contributed by atoms with van der Waals surface area (Å²) in [4.78, 5) is 16.7. The largest absolute Gasteiger partial charge is 0.373 e. The Bertz CT molecular complexity index is 585. The molecule has 0 unspecified atom stereocenters. The van der Waals surface area contributed by atoms with Crippen molar-refractivity contribution in [2.75, 3.05) is 18.5 Å². The number of nitrogens with two attached hydrogens (primary N) is 1. The second kappa shape index (κ2) is 3.01. The zero-order chi connectivity index (χ0) is 11.3. The summed E-state index contributed by atoms with van der Waals surface area (Å²) in [5.74, 6) is -0.371. The van der Waals surface area contributed by atoms with E-state index in [9.17, 15) is 4.79 Å². The molecule has 0 spiro atoms. The number of primary amides is 1. The van der Waals surface area contributed by atoms with Crippen LogP contribution >= 0.6 is 0 Å². The van der Waals surface area contributed by atoms with Gasteiger partial charge in [0.25, 0.3) is 5.91 Å². The standard InChI is InChI=1S/C12H13N3O/c1-15-5-3-7-6-9(12(13)16)10-8(11(7)15)2-4-14-10/h2,4,6,14H,3,5H2,1H3,(H2,13,16). The number of likely N-dealkylation sites (N-methyl/N-ethyl adjacent to an activating group) is 1. The minimum Gasteiger partial charge on any atom is -0.373 e. The third-order valence-corrected chi connectivity index (χ3v) is 3.26. The fourth-order valence-electron chi connectivity index (χ4n) is 2.51. The maximum atomic E-state index is 11.4. The van der Waals surface area contributed by atoms with Crippen LogP contribution in [0, 0.1) is 0 Å². The van der Waals surface area contributed by atoms with E-state index in [4.69, 9.17) is 5.73 Å². The molecule has 1 aromatic heterocycles. The van der Waals surface area contributed by atoms with Crippen molar-refractivity contribution < 1.29 is 4.79 Å². The Hall–Kier alpha value is -1.97. The molecule has 2 heterocycles. The predicted molar refractivity (Wildman–Crippen MR) is 63.8 cm³/mol. The molecule has 16 heavy (non-hydrogen) atoms. The number of nitrogens with one attached hydrogen (secondary N) is 1. The number of nitrogens with zero attached hydrogens (tertiary/aromatic N) is 1. The molecule has 1 amide bonds. The number of aromatic amines is 1. The number of carbonyl (C=O) groups is 1. The van der Waals surface area contributed by atoms with Crippen LogP contribution in [0.5, 0.6) is 0 Å². The molecule has 0 saturated heterocycles. The summed E-state index contributed by atoms with van der Waals surface area (Å²) in [6.07, 6.45) is 2.83. The smallest absolute Gasteiger partial charge is 0.250 e. The highest BCUT2D eigenvalue weighted by atomic mass is 16.1. The quantitative estimate of drug-likeness (QED) is 0.752. The Morgan fingerprint density at radius 2 is 2.38 bits per heavy atom. The lowest BCUT2D eigenvalue weighted by Gasteiger charge is -2.14. The van der Waals surface area contributed by atoms with Gasteiger partial charge in [-0.1, -0.05) is 0 Å². The van der Waals surface area contributed by atoms with Gasteiger partial charge in [-0.15, -0.1) is 0 Å². The van der Waals surface area contributed by atoms with Gasteiger partial charge in [0.2, 0.25) is 0 Å². The van der Waals surface area contributed by atoms with E-state index < -0.39 is 0 Å². The molecule has 0 radical (unpaired) electrons. The highest BCUT2D eigenvalue weighted by Gasteiger charge is 2.22. The number of aromatic nitrogens is 1. The van der Waals surface area contributed by atoms with E-state index in [1.165, 1.54) is 11.3 Å². The molecular weight excluding hydrogens is 202 g/mol. The lowest BCUT2D eigenvalue weighted by Crippen LogP contribution is -2.14. The average Bonchev–Trinajstić information content (AvgIpc) is 2.82. The molecule has 2 aromatic rings. The number of benzene rings is 1. The third kappa shape index (κ3) is 1.07. The lowest BCUT2D eigenvalue weighted by atomic mass is 10.0. The van der Waals surface area contributed by atoms with Gasteiger partial charge in [0, 0.05) is 30.9 Å². The van der Waals surface area contributed by atoms with Crippen LogP contribution in [0.1, 0.15) is 15.9 Å². The van der Waals surface area contributed by atoms with E-state index >= 15 is 0 Å². The first-order valence-corrected chi connectivity index (χ1v) is 5.32. The number of hydrogen-bond acceptors (Lipinski definition) is 2. The minimum atomic E-state index is -0.371. The minimum absolute atomic E-state index is 0.371. The molecule has 4 heteroatoms. The Morgan fingerprint density at radius 1 is 1.56 bits per heavy atom. The fraction of sp³-hybridized carbons (Fsp3) is 0.250. The van der Waals surface area contributed by atoms with Gasteiger partial charge in [-0.05, 0) is 24.1 Å². The van der Waals surface area contributed by atoms with Crippen LogP contribution in [0.3, 0.4) is 0 Å². The topological polar surface area (TPSA) is 62.1 Å². The second-order valence-electron chi connectivity index (χ2n) is 4.23. The van der Waals surface area contributed by atoms with E-state index in [2.05, 4.69) is 16.9 Å². The van der Waals surface area contributed by atoms with Gasteiger partial charge in [0.15, 0.2) is 0 Å². The Balaban J connectivity index is 2.41. The van der Waals surface area contributed by atoms with Crippen LogP contribution < -0.4 is 10.6 Å². The van der Waals surface area contributed by atoms with Crippen LogP contribution in [0.25, 0.3) is 10.9 Å². The van der Waals surface area contributed by atoms with Gasteiger partial charge in [-0.3, -0.25) is 4.79 Å². The number of H-pyrrole nitrogens is 1. The number of rotatable bonds is 1. The number of carbonyl (C=O) groups excluding carboxylic acids is 1. The van der Waals surface area contributed by atoms with Gasteiger partial charge in [0.05, 0.1) is 11.1 Å². The van der Waals surface area contributed by atoms with Crippen molar-refractivity contribution in [1.82, 2.24) is 4.98 Å². The van der Waals surface area contributed by atoms with Crippen LogP contribution in [0.2, 0.25) is 0 Å². The summed E-state index contributed by atoms with van der Waals surface area (Å²) in [6, 6.07) is 3.92. The monoisotopic (exact) mass is 215 g/mol. The zero-order valence-corrected chi connectivity index (χ0v) is 9.08. The highest BCUT2D eigenvalue weighted by Crippen LogP contribution is 2.36. The highest BCUT2D eigenvalue weighted by molar-refractivity contribution is 6.09. The summed E-state index contributed by atoms with van der Waals surface area (Å²) in [7, 11) is 2.07. The van der Waals surface area contributed by atoms with Crippen molar-refractivity contribution in [3.63, 3.8) is 0 Å². The fourth-order valence-corrected chi connectivity index (χ4v) is 2.51. The molecule has 3 rings (SSSR count). The first-order chi connectivity index (χ1) is 7.68. The lowest BCUT2D eigenvalue weighted by molar-refractivity contribution is 0.100. The van der Waals surface area contributed by atoms with E-state index in [1.54, 1.807) is 0 Å². The number of fused-ring (bicyclic) bond motifs is 3. The summed E-state index contributed by atoms with van der Waals surface area (Å²) in [6.45, 7) is 0.998. The van der Waals surface area contributed by atoms with Crippen LogP contribution in [0.15, 0.2) is 18.3 Å². The normalized spacial score (nSPS) is 14.4. The van der Waals surface area contributed by atoms with Crippen molar-refractivity contribution in [2.45, 2.75) is 6.42 Å². The number of amides is 1. The molecule has 0 saturated carbocycles. The molecule has 82 valence electrons. The van der Waals surface area contributed by atoms with Gasteiger partial charge in [-0.25, -0.2) is 0 Å². The van der Waals surface area contributed by atoms with Crippen LogP contribution in [-0.4, -0.2) is 24.5 Å². The van der Waals surface area contributed by atoms with Crippen LogP contribution in [0.4, 0.5) is 5.69 Å². The number of hydrogen-bond donors (Lipinski definition) is 2. The van der Waals surface area contributed by atoms with Gasteiger partial charge >= 0.3 is 0 Å². The van der Waals surface area contributed by atoms with Crippen molar-refractivity contribution in [2.24, 2.45) is 5.73 Å². The molecule has 1 aliphatic heterocycles. The molecule has 0 atom stereocenters. The summed E-state index contributed by atoms with van der Waals surface area (Å²) in [5, 5.41) is 1.09. The summed E-state index contributed by atoms with van der Waals surface area (Å²) in [5.41, 5.74) is 9.27. The Kier molecular flexibility index (Phi) is 1.74. The molecule has 0 bridgehead atoms. The second-order valence-corrected chi connectivity index (χ2v) is 4.23. The maximum absolute atomic E-state index is 11.4. The molecule has 3 N–H and O–H groups in total. The van der Waals surface area contributed by atoms with Crippen molar-refractivity contribution in [3.8, 4) is 0 Å². The van der Waals surface area contributed by atoms with E-state index in [0.717, 1.165) is 23.9 Å². The van der Waals surface area contributed by atoms with Crippen molar-refractivity contribution in [3.05, 3.63) is 29.5 Å². The van der Waals surface area contributed by atoms with Crippen molar-refractivity contribution in [1.29, 1.82) is 0 Å². The summed E-state index contributed by atoms with van der Waals surface area (Å²) < 4.78 is 0. The first kappa shape index (κ1) is 9.27. The average molecular weight is 215 g/mol. The van der Waals surface area contributed by atoms with E-state index in [-0.39, 0.29) is 5.91 Å². The first-order valence-electron chi connectivity index (χ1n) is 5.32. The molecular formula is C12H13N3O. The Labute approximate surface area is 93.0 Å². The van der Waals surface area contributed by atoms with Crippen LogP contribution in [-0.2, 0) is 6.42 Å². The Morgan fingerprint density at radius 3 is 3.12 bits per heavy atom. The van der Waals surface area contributed by atoms with Gasteiger partial charge < -0.3 is 15.6 Å². The number of anilines is 1. The molecule has 0 fully saturated rings. The van der Waals surface area contributed by atoms with Crippen molar-refractivity contribution >= 4 is 22.5 Å². The molecule has 1 aliphatic rings. The summed E-state index contributed by atoms with van der Waals surface area (Å²) >= 11 is 0. The maximum Gasteiger partial charge on any atom is 0.250 e. The third-order valence-electron chi connectivity index (χ3n) is 3.26. The van der Waals surface area contributed by atoms with Gasteiger partial charge in [0.1, 0.15) is 0 Å². The van der Waals surface area contributed by atoms with E-state index in [0.29, 0.717) is 5.56 Å².